The number of aliphatic hydroxyl groups excluding tert-OH is 1. The molecule has 0 saturated carbocycles. The van der Waals surface area contributed by atoms with Gasteiger partial charge in [0.2, 0.25) is 0 Å². The first kappa shape index (κ1) is 19.7. The number of hydrogen-bond donors (Lipinski definition) is 1. The first-order chi connectivity index (χ1) is 14.2. The van der Waals surface area contributed by atoms with E-state index < -0.39 is 0 Å². The molecule has 2 atom stereocenters. The van der Waals surface area contributed by atoms with E-state index in [2.05, 4.69) is 31.7 Å². The average molecular weight is 396 g/mol. The number of hydrogen-bond acceptors (Lipinski definition) is 6. The van der Waals surface area contributed by atoms with E-state index in [1.54, 1.807) is 6.20 Å². The molecule has 1 aromatic carbocycles. The van der Waals surface area contributed by atoms with Crippen molar-refractivity contribution in [1.29, 1.82) is 0 Å². The van der Waals surface area contributed by atoms with E-state index in [-0.39, 0.29) is 12.0 Å². The molecule has 3 aromatic rings. The van der Waals surface area contributed by atoms with E-state index in [4.69, 9.17) is 9.26 Å². The highest BCUT2D eigenvalue weighted by Crippen LogP contribution is 2.24. The van der Waals surface area contributed by atoms with Gasteiger partial charge in [-0.25, -0.2) is 4.98 Å². The molecular formula is C22H28N4O3. The minimum absolute atomic E-state index is 0.171. The molecule has 0 aliphatic carbocycles. The Labute approximate surface area is 170 Å². The predicted octanol–water partition coefficient (Wildman–Crippen LogP) is 2.68. The van der Waals surface area contributed by atoms with Gasteiger partial charge in [-0.15, -0.1) is 0 Å². The second-order valence-electron chi connectivity index (χ2n) is 7.81. The zero-order valence-electron chi connectivity index (χ0n) is 16.8. The normalized spacial score (nSPS) is 19.7. The first-order valence-electron chi connectivity index (χ1n) is 10.2. The van der Waals surface area contributed by atoms with E-state index in [9.17, 15) is 5.11 Å². The molecule has 1 saturated heterocycles. The molecule has 0 unspecified atom stereocenters. The fourth-order valence-electron chi connectivity index (χ4n) is 3.89. The molecule has 0 amide bonds. The average Bonchev–Trinajstić information content (AvgIpc) is 3.43. The van der Waals surface area contributed by atoms with Crippen molar-refractivity contribution in [2.24, 2.45) is 5.92 Å². The van der Waals surface area contributed by atoms with Crippen LogP contribution < -0.4 is 4.74 Å². The summed E-state index contributed by atoms with van der Waals surface area (Å²) in [6, 6.07) is 10.2. The molecule has 1 aliphatic rings. The van der Waals surface area contributed by atoms with Crippen molar-refractivity contribution < 1.29 is 14.4 Å². The number of rotatable bonds is 9. The number of aryl methyl sites for hydroxylation is 2. The molecule has 4 rings (SSSR count). The number of aliphatic hydroxyl groups is 1. The van der Waals surface area contributed by atoms with Gasteiger partial charge in [-0.3, -0.25) is 4.90 Å². The van der Waals surface area contributed by atoms with Crippen LogP contribution in [0.1, 0.15) is 23.4 Å². The van der Waals surface area contributed by atoms with Gasteiger partial charge in [0.05, 0.1) is 24.7 Å². The van der Waals surface area contributed by atoms with Gasteiger partial charge >= 0.3 is 0 Å². The standard InChI is InChI=1S/C22H28N4O3/c1-17-10-21(29-24-17)12-19-14-26(15-22(19)27)13-18-4-2-5-20(11-18)28-9-3-7-25-8-6-23-16-25/h2,4-6,8,10-11,16,19,22,27H,3,7,9,12-15H2,1H3/t19-,22+/m1/s1. The molecule has 7 heteroatoms. The number of ether oxygens (including phenoxy) is 1. The molecule has 3 heterocycles. The summed E-state index contributed by atoms with van der Waals surface area (Å²) in [4.78, 5) is 6.33. The van der Waals surface area contributed by atoms with E-state index in [1.165, 1.54) is 5.56 Å². The molecule has 1 aliphatic heterocycles. The van der Waals surface area contributed by atoms with Crippen molar-refractivity contribution in [3.63, 3.8) is 0 Å². The molecule has 1 fully saturated rings. The van der Waals surface area contributed by atoms with Gasteiger partial charge < -0.3 is 18.9 Å². The maximum Gasteiger partial charge on any atom is 0.137 e. The van der Waals surface area contributed by atoms with Crippen LogP contribution >= 0.6 is 0 Å². The maximum atomic E-state index is 10.4. The fourth-order valence-corrected chi connectivity index (χ4v) is 3.89. The number of β-amino-alcohol motifs (C(OH)–C–C–N with tert-alkyl or cyclic N) is 1. The summed E-state index contributed by atoms with van der Waals surface area (Å²) in [6.07, 6.45) is 6.88. The summed E-state index contributed by atoms with van der Waals surface area (Å²) in [5, 5.41) is 14.4. The Hall–Kier alpha value is -2.64. The minimum Gasteiger partial charge on any atom is -0.494 e. The number of benzene rings is 1. The highest BCUT2D eigenvalue weighted by atomic mass is 16.5. The molecule has 1 N–H and O–H groups in total. The number of imidazole rings is 1. The smallest absolute Gasteiger partial charge is 0.137 e. The van der Waals surface area contributed by atoms with Crippen LogP contribution in [0.5, 0.6) is 5.75 Å². The molecule has 29 heavy (non-hydrogen) atoms. The molecular weight excluding hydrogens is 368 g/mol. The van der Waals surface area contributed by atoms with E-state index in [0.29, 0.717) is 13.2 Å². The molecule has 7 nitrogen and oxygen atoms in total. The predicted molar refractivity (Wildman–Crippen MR) is 108 cm³/mol. The topological polar surface area (TPSA) is 76.5 Å². The third-order valence-corrected chi connectivity index (χ3v) is 5.32. The van der Waals surface area contributed by atoms with Crippen molar-refractivity contribution in [3.8, 4) is 5.75 Å². The van der Waals surface area contributed by atoms with Crippen LogP contribution in [0.2, 0.25) is 0 Å². The van der Waals surface area contributed by atoms with Crippen LogP contribution in [0.4, 0.5) is 0 Å². The van der Waals surface area contributed by atoms with Crippen LogP contribution in [0.15, 0.2) is 53.6 Å². The maximum absolute atomic E-state index is 10.4. The van der Waals surface area contributed by atoms with Gasteiger partial charge in [0.1, 0.15) is 11.5 Å². The Kier molecular flexibility index (Phi) is 6.27. The summed E-state index contributed by atoms with van der Waals surface area (Å²) in [6.45, 7) is 5.80. The van der Waals surface area contributed by atoms with Crippen molar-refractivity contribution in [3.05, 3.63) is 66.1 Å². The van der Waals surface area contributed by atoms with Crippen LogP contribution in [0, 0.1) is 12.8 Å². The number of likely N-dealkylation sites (tertiary alicyclic amines) is 1. The Bertz CT molecular complexity index is 893. The van der Waals surface area contributed by atoms with Gasteiger partial charge in [0, 0.05) is 57.0 Å². The SMILES string of the molecule is Cc1cc(C[C@@H]2CN(Cc3cccc(OCCCn4ccnc4)c3)C[C@@H]2O)on1. The minimum atomic E-state index is -0.344. The molecule has 0 radical (unpaired) electrons. The Morgan fingerprint density at radius 2 is 2.21 bits per heavy atom. The first-order valence-corrected chi connectivity index (χ1v) is 10.2. The summed E-state index contributed by atoms with van der Waals surface area (Å²) < 4.78 is 13.3. The third kappa shape index (κ3) is 5.46. The lowest BCUT2D eigenvalue weighted by Crippen LogP contribution is -2.21. The number of aromatic nitrogens is 3. The van der Waals surface area contributed by atoms with Crippen LogP contribution in [-0.4, -0.2) is 50.5 Å². The van der Waals surface area contributed by atoms with Crippen molar-refractivity contribution in [1.82, 2.24) is 19.6 Å². The van der Waals surface area contributed by atoms with Crippen molar-refractivity contribution >= 4 is 0 Å². The van der Waals surface area contributed by atoms with Gasteiger partial charge in [0.25, 0.3) is 0 Å². The lowest BCUT2D eigenvalue weighted by molar-refractivity contribution is 0.137. The van der Waals surface area contributed by atoms with Crippen LogP contribution in [-0.2, 0) is 19.5 Å². The van der Waals surface area contributed by atoms with Crippen LogP contribution in [0.25, 0.3) is 0 Å². The summed E-state index contributed by atoms with van der Waals surface area (Å²) in [7, 11) is 0. The quantitative estimate of drug-likeness (QED) is 0.561. The molecule has 154 valence electrons. The zero-order chi connectivity index (χ0) is 20.1. The molecule has 0 bridgehead atoms. The lowest BCUT2D eigenvalue weighted by atomic mass is 10.0. The van der Waals surface area contributed by atoms with Crippen molar-refractivity contribution in [2.75, 3.05) is 19.7 Å². The number of nitrogens with zero attached hydrogens (tertiary/aromatic N) is 4. The summed E-state index contributed by atoms with van der Waals surface area (Å²) in [5.74, 6) is 1.91. The van der Waals surface area contributed by atoms with Gasteiger partial charge in [-0.2, -0.15) is 0 Å². The highest BCUT2D eigenvalue weighted by molar-refractivity contribution is 5.28. The van der Waals surface area contributed by atoms with Gasteiger partial charge in [0.15, 0.2) is 0 Å². The molecule has 0 spiro atoms. The Balaban J connectivity index is 1.25. The Morgan fingerprint density at radius 1 is 1.28 bits per heavy atom. The van der Waals surface area contributed by atoms with E-state index >= 15 is 0 Å². The highest BCUT2D eigenvalue weighted by Gasteiger charge is 2.32. The molecule has 2 aromatic heterocycles. The van der Waals surface area contributed by atoms with E-state index in [0.717, 1.165) is 49.7 Å². The van der Waals surface area contributed by atoms with Gasteiger partial charge in [-0.1, -0.05) is 17.3 Å². The summed E-state index contributed by atoms with van der Waals surface area (Å²) in [5.41, 5.74) is 2.08. The lowest BCUT2D eigenvalue weighted by Gasteiger charge is -2.16. The van der Waals surface area contributed by atoms with Crippen LogP contribution in [0.3, 0.4) is 0 Å². The fraction of sp³-hybridized carbons (Fsp3) is 0.455. The Morgan fingerprint density at radius 3 is 3.00 bits per heavy atom. The third-order valence-electron chi connectivity index (χ3n) is 5.32. The second kappa shape index (κ2) is 9.24. The second-order valence-corrected chi connectivity index (χ2v) is 7.81. The van der Waals surface area contributed by atoms with Crippen molar-refractivity contribution in [2.45, 2.75) is 39.0 Å². The zero-order valence-corrected chi connectivity index (χ0v) is 16.8. The summed E-state index contributed by atoms with van der Waals surface area (Å²) >= 11 is 0. The van der Waals surface area contributed by atoms with Gasteiger partial charge in [-0.05, 0) is 31.0 Å². The monoisotopic (exact) mass is 396 g/mol. The largest absolute Gasteiger partial charge is 0.494 e. The van der Waals surface area contributed by atoms with E-state index in [1.807, 2.05) is 37.6 Å².